The molecular weight excluding hydrogens is 409 g/mol. The third-order valence-corrected chi connectivity index (χ3v) is 4.90. The van der Waals surface area contributed by atoms with Crippen molar-refractivity contribution < 1.29 is 14.0 Å². The highest BCUT2D eigenvalue weighted by atomic mass is 19.1. The van der Waals surface area contributed by atoms with E-state index in [1.165, 1.54) is 17.0 Å². The summed E-state index contributed by atoms with van der Waals surface area (Å²) in [5.41, 5.74) is 0.432. The van der Waals surface area contributed by atoms with Gasteiger partial charge in [0.25, 0.3) is 0 Å². The fourth-order valence-electron chi connectivity index (χ4n) is 3.06. The number of anilines is 2. The van der Waals surface area contributed by atoms with Crippen LogP contribution in [0.15, 0.2) is 30.3 Å². The van der Waals surface area contributed by atoms with Crippen molar-refractivity contribution >= 4 is 23.4 Å². The summed E-state index contributed by atoms with van der Waals surface area (Å²) in [4.78, 5) is 27.1. The van der Waals surface area contributed by atoms with Crippen molar-refractivity contribution in [1.29, 1.82) is 0 Å². The first-order chi connectivity index (χ1) is 14.8. The Kier molecular flexibility index (Phi) is 8.04. The molecule has 2 N–H and O–H groups in total. The molecule has 7 nitrogen and oxygen atoms in total. The van der Waals surface area contributed by atoms with Gasteiger partial charge in [-0.1, -0.05) is 46.2 Å². The fraction of sp³-hybridized carbons (Fsp3) is 0.542. The maximum absolute atomic E-state index is 13.9. The number of aromatic nitrogens is 2. The number of hydrogen-bond donors (Lipinski definition) is 2. The number of hydrogen-bond acceptors (Lipinski definition) is 3. The van der Waals surface area contributed by atoms with E-state index in [0.717, 1.165) is 18.5 Å². The van der Waals surface area contributed by atoms with Gasteiger partial charge in [-0.25, -0.2) is 13.9 Å². The third kappa shape index (κ3) is 6.80. The molecule has 0 fully saturated rings. The zero-order chi connectivity index (χ0) is 24.1. The summed E-state index contributed by atoms with van der Waals surface area (Å²) in [7, 11) is 0. The molecular formula is C24H36FN5O2. The molecule has 32 heavy (non-hydrogen) atoms. The number of nitrogens with zero attached hydrogens (tertiary/aromatic N) is 3. The zero-order valence-corrected chi connectivity index (χ0v) is 20.3. The molecule has 0 unspecified atom stereocenters. The van der Waals surface area contributed by atoms with Gasteiger partial charge in [-0.3, -0.25) is 4.79 Å². The van der Waals surface area contributed by atoms with Crippen molar-refractivity contribution in [3.05, 3.63) is 41.8 Å². The second-order valence-corrected chi connectivity index (χ2v) is 9.98. The minimum absolute atomic E-state index is 0.0834. The molecule has 2 aromatic rings. The summed E-state index contributed by atoms with van der Waals surface area (Å²) >= 11 is 0. The molecule has 0 aliphatic rings. The zero-order valence-electron chi connectivity index (χ0n) is 20.3. The van der Waals surface area contributed by atoms with Gasteiger partial charge in [-0.05, 0) is 39.3 Å². The summed E-state index contributed by atoms with van der Waals surface area (Å²) in [6.45, 7) is 14.5. The van der Waals surface area contributed by atoms with Gasteiger partial charge in [0.05, 0.1) is 16.9 Å². The number of para-hydroxylation sites is 1. The van der Waals surface area contributed by atoms with Crippen LogP contribution in [0.4, 0.5) is 20.7 Å². The quantitative estimate of drug-likeness (QED) is 0.603. The highest BCUT2D eigenvalue weighted by Crippen LogP contribution is 2.28. The number of rotatable bonds is 7. The standard InChI is InChI=1S/C24H36FN5O2/c1-8-9-14-29(22(32)26-18-13-11-10-12-17(18)25)16-21(31)27-20-15-19(23(2,3)4)28-30(20)24(5,6)7/h10-13,15H,8-9,14,16H2,1-7H3,(H,26,32)(H,27,31). The summed E-state index contributed by atoms with van der Waals surface area (Å²) in [5, 5.41) is 10.2. The molecule has 0 atom stereocenters. The smallest absolute Gasteiger partial charge is 0.315 e. The van der Waals surface area contributed by atoms with Gasteiger partial charge in [0.15, 0.2) is 0 Å². The molecule has 0 saturated carbocycles. The maximum Gasteiger partial charge on any atom is 0.322 e. The molecule has 0 saturated heterocycles. The van der Waals surface area contributed by atoms with E-state index in [9.17, 15) is 14.0 Å². The van der Waals surface area contributed by atoms with Crippen LogP contribution in [0.5, 0.6) is 0 Å². The van der Waals surface area contributed by atoms with E-state index in [1.54, 1.807) is 16.8 Å². The maximum atomic E-state index is 13.9. The molecule has 8 heteroatoms. The molecule has 0 aliphatic carbocycles. The van der Waals surface area contributed by atoms with Gasteiger partial charge in [-0.15, -0.1) is 0 Å². The first-order valence-corrected chi connectivity index (χ1v) is 11.0. The Balaban J connectivity index is 2.19. The van der Waals surface area contributed by atoms with Crippen molar-refractivity contribution in [2.24, 2.45) is 0 Å². The number of halogens is 1. The first kappa shape index (κ1) is 25.4. The fourth-order valence-corrected chi connectivity index (χ4v) is 3.06. The van der Waals surface area contributed by atoms with Crippen LogP contribution < -0.4 is 10.6 Å². The molecule has 1 aromatic carbocycles. The monoisotopic (exact) mass is 445 g/mol. The number of unbranched alkanes of at least 4 members (excludes halogenated alkanes) is 1. The lowest BCUT2D eigenvalue weighted by atomic mass is 9.92. The van der Waals surface area contributed by atoms with Crippen LogP contribution in [-0.4, -0.2) is 39.7 Å². The molecule has 2 rings (SSSR count). The SMILES string of the molecule is CCCCN(CC(=O)Nc1cc(C(C)(C)C)nn1C(C)(C)C)C(=O)Nc1ccccc1F. The summed E-state index contributed by atoms with van der Waals surface area (Å²) in [5.74, 6) is -0.280. The Labute approximate surface area is 190 Å². The number of amides is 3. The molecule has 0 aliphatic heterocycles. The molecule has 0 radical (unpaired) electrons. The molecule has 1 heterocycles. The Morgan fingerprint density at radius 3 is 2.31 bits per heavy atom. The Morgan fingerprint density at radius 1 is 1.09 bits per heavy atom. The van der Waals surface area contributed by atoms with E-state index in [0.29, 0.717) is 12.4 Å². The molecule has 1 aromatic heterocycles. The van der Waals surface area contributed by atoms with E-state index in [-0.39, 0.29) is 29.1 Å². The Bertz CT molecular complexity index is 941. The van der Waals surface area contributed by atoms with Crippen LogP contribution in [0.1, 0.15) is 67.0 Å². The van der Waals surface area contributed by atoms with Crippen molar-refractivity contribution in [1.82, 2.24) is 14.7 Å². The lowest BCUT2D eigenvalue weighted by Crippen LogP contribution is -2.41. The highest BCUT2D eigenvalue weighted by Gasteiger charge is 2.26. The van der Waals surface area contributed by atoms with Crippen LogP contribution in [0, 0.1) is 5.82 Å². The predicted octanol–water partition coefficient (Wildman–Crippen LogP) is 5.35. The van der Waals surface area contributed by atoms with Gasteiger partial charge in [0, 0.05) is 18.0 Å². The highest BCUT2D eigenvalue weighted by molar-refractivity contribution is 5.96. The third-order valence-electron chi connectivity index (χ3n) is 4.90. The van der Waals surface area contributed by atoms with Gasteiger partial charge < -0.3 is 15.5 Å². The van der Waals surface area contributed by atoms with E-state index in [1.807, 2.05) is 33.8 Å². The van der Waals surface area contributed by atoms with E-state index < -0.39 is 11.8 Å². The first-order valence-electron chi connectivity index (χ1n) is 11.0. The number of carbonyl (C=O) groups excluding carboxylic acids is 2. The summed E-state index contributed by atoms with van der Waals surface area (Å²) < 4.78 is 15.7. The van der Waals surface area contributed by atoms with Crippen LogP contribution >= 0.6 is 0 Å². The van der Waals surface area contributed by atoms with Gasteiger partial charge in [0.2, 0.25) is 5.91 Å². The van der Waals surface area contributed by atoms with Gasteiger partial charge in [-0.2, -0.15) is 5.10 Å². The number of nitrogens with one attached hydrogen (secondary N) is 2. The van der Waals surface area contributed by atoms with Gasteiger partial charge in [0.1, 0.15) is 18.2 Å². The second-order valence-electron chi connectivity index (χ2n) is 9.98. The minimum atomic E-state index is -0.524. The van der Waals surface area contributed by atoms with Crippen molar-refractivity contribution in [2.75, 3.05) is 23.7 Å². The second kappa shape index (κ2) is 10.1. The van der Waals surface area contributed by atoms with Crippen LogP contribution in [0.25, 0.3) is 0 Å². The Morgan fingerprint density at radius 2 is 1.75 bits per heavy atom. The largest absolute Gasteiger partial charge is 0.322 e. The van der Waals surface area contributed by atoms with Gasteiger partial charge >= 0.3 is 6.03 Å². The molecule has 0 spiro atoms. The number of benzene rings is 1. The summed E-state index contributed by atoms with van der Waals surface area (Å²) in [6, 6.07) is 7.32. The van der Waals surface area contributed by atoms with E-state index >= 15 is 0 Å². The normalized spacial score (nSPS) is 11.9. The topological polar surface area (TPSA) is 79.3 Å². The Hall–Kier alpha value is -2.90. The van der Waals surface area contributed by atoms with Crippen molar-refractivity contribution in [3.8, 4) is 0 Å². The van der Waals surface area contributed by atoms with Crippen LogP contribution in [0.2, 0.25) is 0 Å². The van der Waals surface area contributed by atoms with Crippen molar-refractivity contribution in [2.45, 2.75) is 72.3 Å². The lowest BCUT2D eigenvalue weighted by Gasteiger charge is -2.25. The van der Waals surface area contributed by atoms with Crippen LogP contribution in [0.3, 0.4) is 0 Å². The average Bonchev–Trinajstić information content (AvgIpc) is 3.11. The minimum Gasteiger partial charge on any atom is -0.315 e. The van der Waals surface area contributed by atoms with Crippen LogP contribution in [-0.2, 0) is 15.7 Å². The van der Waals surface area contributed by atoms with Crippen molar-refractivity contribution in [3.63, 3.8) is 0 Å². The molecule has 0 bridgehead atoms. The number of carbonyl (C=O) groups is 2. The summed E-state index contributed by atoms with van der Waals surface area (Å²) in [6.07, 6.45) is 1.59. The van der Waals surface area contributed by atoms with E-state index in [2.05, 4.69) is 31.4 Å². The lowest BCUT2D eigenvalue weighted by molar-refractivity contribution is -0.116. The number of urea groups is 1. The van der Waals surface area contributed by atoms with E-state index in [4.69, 9.17) is 5.10 Å². The molecule has 3 amide bonds. The molecule has 176 valence electrons. The average molecular weight is 446 g/mol. The predicted molar refractivity (Wildman–Crippen MR) is 126 cm³/mol.